The normalized spacial score (nSPS) is 12.1. The number of hydrogen-bond donors (Lipinski definition) is 2. The van der Waals surface area contributed by atoms with Crippen molar-refractivity contribution in [1.29, 1.82) is 0 Å². The fourth-order valence-electron chi connectivity index (χ4n) is 4.70. The van der Waals surface area contributed by atoms with Crippen LogP contribution < -0.4 is 0 Å². The standard InChI is InChI=1S/C30H20N4.Al/c1-2-6-27-19(4-1)5-3-7-28(27)29-17-26-16-24-11-10-22(32-24)14-20-8-9-21(31-20)15-23-12-13-25(33-23)18-30(29)34-26;/h1-18,32,34H;. The van der Waals surface area contributed by atoms with Crippen LogP contribution in [0, 0.1) is 0 Å². The third-order valence-corrected chi connectivity index (χ3v) is 6.25. The summed E-state index contributed by atoms with van der Waals surface area (Å²) in [5.74, 6) is 0. The van der Waals surface area contributed by atoms with Gasteiger partial charge in [-0.15, -0.1) is 0 Å². The first-order valence-electron chi connectivity index (χ1n) is 11.3. The van der Waals surface area contributed by atoms with Gasteiger partial charge in [0.25, 0.3) is 0 Å². The second-order valence-corrected chi connectivity index (χ2v) is 8.61. The lowest BCUT2D eigenvalue weighted by Gasteiger charge is -2.05. The summed E-state index contributed by atoms with van der Waals surface area (Å²) in [5, 5.41) is 2.46. The first-order valence-corrected chi connectivity index (χ1v) is 11.3. The maximum Gasteiger partial charge on any atom is 0.0659 e. The van der Waals surface area contributed by atoms with Gasteiger partial charge in [0, 0.05) is 45.0 Å². The zero-order valence-corrected chi connectivity index (χ0v) is 20.0. The molecule has 3 aromatic heterocycles. The van der Waals surface area contributed by atoms with Crippen LogP contribution in [0.25, 0.3) is 68.3 Å². The fourth-order valence-corrected chi connectivity index (χ4v) is 4.70. The van der Waals surface area contributed by atoms with Crippen LogP contribution in [-0.4, -0.2) is 37.3 Å². The van der Waals surface area contributed by atoms with Crippen molar-refractivity contribution in [1.82, 2.24) is 19.9 Å². The third-order valence-electron chi connectivity index (χ3n) is 6.25. The molecule has 2 N–H and O–H groups in total. The molecule has 5 heteroatoms. The van der Waals surface area contributed by atoms with Gasteiger partial charge in [-0.05, 0) is 83.1 Å². The minimum absolute atomic E-state index is 0. The first-order chi connectivity index (χ1) is 16.8. The van der Waals surface area contributed by atoms with E-state index in [1.807, 2.05) is 30.4 Å². The molecule has 0 saturated heterocycles. The van der Waals surface area contributed by atoms with Crippen LogP contribution in [0.15, 0.2) is 84.9 Å². The number of nitrogens with zero attached hydrogens (tertiary/aromatic N) is 2. The van der Waals surface area contributed by atoms with Crippen molar-refractivity contribution in [3.8, 4) is 11.1 Å². The second-order valence-electron chi connectivity index (χ2n) is 8.61. The summed E-state index contributed by atoms with van der Waals surface area (Å²) in [5.41, 5.74) is 10.1. The van der Waals surface area contributed by atoms with Gasteiger partial charge in [0.05, 0.1) is 22.8 Å². The van der Waals surface area contributed by atoms with Gasteiger partial charge in [-0.2, -0.15) is 0 Å². The summed E-state index contributed by atoms with van der Waals surface area (Å²) < 4.78 is 0. The maximum absolute atomic E-state index is 4.82. The molecular weight excluding hydrogens is 443 g/mol. The quantitative estimate of drug-likeness (QED) is 0.255. The number of nitrogens with one attached hydrogen (secondary N) is 2. The molecule has 163 valence electrons. The van der Waals surface area contributed by atoms with E-state index in [2.05, 4.69) is 88.8 Å². The highest BCUT2D eigenvalue weighted by atomic mass is 27.0. The lowest BCUT2D eigenvalue weighted by molar-refractivity contribution is 1.28. The van der Waals surface area contributed by atoms with Crippen molar-refractivity contribution in [2.75, 3.05) is 0 Å². The summed E-state index contributed by atoms with van der Waals surface area (Å²) in [6.45, 7) is 0. The van der Waals surface area contributed by atoms with Gasteiger partial charge in [0.1, 0.15) is 0 Å². The molecule has 3 radical (unpaired) electrons. The molecule has 0 unspecified atom stereocenters. The van der Waals surface area contributed by atoms with E-state index < -0.39 is 0 Å². The van der Waals surface area contributed by atoms with Gasteiger partial charge >= 0.3 is 0 Å². The third kappa shape index (κ3) is 4.02. The van der Waals surface area contributed by atoms with E-state index in [4.69, 9.17) is 9.97 Å². The van der Waals surface area contributed by atoms with Crippen LogP contribution in [0.2, 0.25) is 0 Å². The summed E-state index contributed by atoms with van der Waals surface area (Å²) in [7, 11) is 0. The van der Waals surface area contributed by atoms with Gasteiger partial charge in [0.15, 0.2) is 0 Å². The molecule has 0 aliphatic carbocycles. The largest absolute Gasteiger partial charge is 0.355 e. The molecule has 4 nitrogen and oxygen atoms in total. The van der Waals surface area contributed by atoms with E-state index in [1.54, 1.807) is 0 Å². The Bertz CT molecular complexity index is 1820. The smallest absolute Gasteiger partial charge is 0.0659 e. The number of fused-ring (bicyclic) bond motifs is 9. The zero-order chi connectivity index (χ0) is 22.5. The molecule has 0 saturated carbocycles. The summed E-state index contributed by atoms with van der Waals surface area (Å²) in [6, 6.07) is 29.7. The Hall–Kier alpha value is -4.17. The highest BCUT2D eigenvalue weighted by Crippen LogP contribution is 2.33. The number of benzene rings is 2. The van der Waals surface area contributed by atoms with Gasteiger partial charge in [-0.3, -0.25) is 0 Å². The van der Waals surface area contributed by atoms with Crippen molar-refractivity contribution < 1.29 is 0 Å². The van der Waals surface area contributed by atoms with Crippen molar-refractivity contribution >= 4 is 74.5 Å². The van der Waals surface area contributed by atoms with Gasteiger partial charge in [-0.1, -0.05) is 42.5 Å². The topological polar surface area (TPSA) is 57.4 Å². The number of H-pyrrole nitrogens is 2. The number of aromatic nitrogens is 4. The number of aromatic amines is 2. The highest BCUT2D eigenvalue weighted by molar-refractivity contribution is 6.02. The summed E-state index contributed by atoms with van der Waals surface area (Å²) in [4.78, 5) is 16.6. The minimum atomic E-state index is 0. The molecule has 0 amide bonds. The van der Waals surface area contributed by atoms with E-state index in [9.17, 15) is 0 Å². The van der Waals surface area contributed by atoms with Crippen molar-refractivity contribution in [3.05, 3.63) is 108 Å². The first kappa shape index (κ1) is 21.4. The van der Waals surface area contributed by atoms with E-state index in [0.717, 1.165) is 50.4 Å². The molecule has 0 spiro atoms. The van der Waals surface area contributed by atoms with E-state index in [-0.39, 0.29) is 17.4 Å². The van der Waals surface area contributed by atoms with Crippen LogP contribution in [0.3, 0.4) is 0 Å². The Balaban J connectivity index is 0.00000229. The summed E-state index contributed by atoms with van der Waals surface area (Å²) in [6.07, 6.45) is 8.13. The van der Waals surface area contributed by atoms with Crippen LogP contribution in [-0.2, 0) is 0 Å². The molecule has 0 atom stereocenters. The Morgan fingerprint density at radius 3 is 1.94 bits per heavy atom. The highest BCUT2D eigenvalue weighted by Gasteiger charge is 2.09. The predicted octanol–water partition coefficient (Wildman–Crippen LogP) is 7.10. The number of rotatable bonds is 1. The van der Waals surface area contributed by atoms with Gasteiger partial charge in [0.2, 0.25) is 0 Å². The van der Waals surface area contributed by atoms with Crippen molar-refractivity contribution in [3.63, 3.8) is 0 Å². The molecule has 2 aromatic carbocycles. The Morgan fingerprint density at radius 2 is 1.14 bits per heavy atom. The molecule has 8 bridgehead atoms. The lowest BCUT2D eigenvalue weighted by atomic mass is 9.99. The Morgan fingerprint density at radius 1 is 0.486 bits per heavy atom. The molecule has 5 heterocycles. The predicted molar refractivity (Wildman–Crippen MR) is 148 cm³/mol. The van der Waals surface area contributed by atoms with Gasteiger partial charge < -0.3 is 9.97 Å². The fraction of sp³-hybridized carbons (Fsp3) is 0. The zero-order valence-electron chi connectivity index (χ0n) is 18.9. The van der Waals surface area contributed by atoms with Crippen LogP contribution in [0.5, 0.6) is 0 Å². The Labute approximate surface area is 212 Å². The van der Waals surface area contributed by atoms with E-state index >= 15 is 0 Å². The average molecular weight is 464 g/mol. The SMILES string of the molecule is C1=Cc2cc3ccc(cc4cc(-c5cccc6ccccc56)c(cc5nc(cc1n2)C=C5)[nH]4)[nH]3.[Al]. The molecule has 7 rings (SSSR count). The van der Waals surface area contributed by atoms with Crippen LogP contribution >= 0.6 is 0 Å². The van der Waals surface area contributed by atoms with Crippen molar-refractivity contribution in [2.24, 2.45) is 0 Å². The minimum Gasteiger partial charge on any atom is -0.355 e. The van der Waals surface area contributed by atoms with E-state index in [0.29, 0.717) is 0 Å². The van der Waals surface area contributed by atoms with Crippen LogP contribution in [0.4, 0.5) is 0 Å². The number of hydrogen-bond acceptors (Lipinski definition) is 2. The Kier molecular flexibility index (Phi) is 5.23. The van der Waals surface area contributed by atoms with E-state index in [1.165, 1.54) is 16.3 Å². The molecule has 2 aliphatic rings. The lowest BCUT2D eigenvalue weighted by Crippen LogP contribution is -1.80. The second kappa shape index (κ2) is 8.56. The molecule has 5 aromatic rings. The van der Waals surface area contributed by atoms with Gasteiger partial charge in [-0.25, -0.2) is 9.97 Å². The molecular formula is C30H20AlN4. The molecule has 2 aliphatic heterocycles. The van der Waals surface area contributed by atoms with Crippen LogP contribution in [0.1, 0.15) is 22.8 Å². The average Bonchev–Trinajstić information content (AvgIpc) is 3.64. The monoisotopic (exact) mass is 463 g/mol. The maximum atomic E-state index is 4.82. The van der Waals surface area contributed by atoms with Crippen molar-refractivity contribution in [2.45, 2.75) is 0 Å². The molecule has 35 heavy (non-hydrogen) atoms. The molecule has 0 fully saturated rings. The summed E-state index contributed by atoms with van der Waals surface area (Å²) >= 11 is 0.